The SMILES string of the molecule is CC(=O)c1c(C)nc2ccccc2c1NCc1cccc(CCC2(O)CCC3(C)C(CC(O)C4C3CC(O)C3(C)C(C(C)CCC(=O)O)CCC43)C2)c1. The number of hydrogen-bond donors (Lipinski definition) is 5. The van der Waals surface area contributed by atoms with Gasteiger partial charge in [-0.15, -0.1) is 0 Å². The minimum Gasteiger partial charge on any atom is -0.481 e. The van der Waals surface area contributed by atoms with Crippen LogP contribution in [0, 0.1) is 53.3 Å². The zero-order valence-corrected chi connectivity index (χ0v) is 32.3. The minimum atomic E-state index is -0.811. The molecule has 11 atom stereocenters. The fourth-order valence-electron chi connectivity index (χ4n) is 12.4. The van der Waals surface area contributed by atoms with E-state index in [-0.39, 0.29) is 58.5 Å². The van der Waals surface area contributed by atoms with E-state index in [9.17, 15) is 30.0 Å². The third-order valence-corrected chi connectivity index (χ3v) is 15.3. The number of hydrogen-bond acceptors (Lipinski definition) is 7. The highest BCUT2D eigenvalue weighted by atomic mass is 16.4. The van der Waals surface area contributed by atoms with Gasteiger partial charge >= 0.3 is 5.97 Å². The molecule has 0 spiro atoms. The first-order chi connectivity index (χ1) is 25.1. The van der Waals surface area contributed by atoms with Gasteiger partial charge in [0.1, 0.15) is 0 Å². The van der Waals surface area contributed by atoms with Gasteiger partial charge in [-0.1, -0.05) is 63.2 Å². The number of carbonyl (C=O) groups is 2. The van der Waals surface area contributed by atoms with Crippen molar-refractivity contribution in [2.24, 2.45) is 46.3 Å². The predicted octanol–water partition coefficient (Wildman–Crippen LogP) is 8.12. The molecule has 2 aromatic carbocycles. The van der Waals surface area contributed by atoms with E-state index < -0.39 is 23.8 Å². The minimum absolute atomic E-state index is 0.0141. The second kappa shape index (κ2) is 14.4. The third kappa shape index (κ3) is 6.82. The maximum absolute atomic E-state index is 12.7. The topological polar surface area (TPSA) is 140 Å². The van der Waals surface area contributed by atoms with Crippen molar-refractivity contribution in [3.05, 3.63) is 70.9 Å². The number of para-hydroxylation sites is 1. The molecule has 4 saturated carbocycles. The number of aliphatic hydroxyl groups excluding tert-OH is 2. The molecule has 7 rings (SSSR count). The van der Waals surface area contributed by atoms with Crippen molar-refractivity contribution in [1.82, 2.24) is 4.98 Å². The van der Waals surface area contributed by atoms with Crippen molar-refractivity contribution >= 4 is 28.3 Å². The van der Waals surface area contributed by atoms with Crippen molar-refractivity contribution in [3.8, 4) is 0 Å². The summed E-state index contributed by atoms with van der Waals surface area (Å²) in [6.07, 6.45) is 6.83. The number of carbonyl (C=O) groups excluding carboxylic acids is 1. The molecule has 0 bridgehead atoms. The molecule has 4 aliphatic rings. The molecule has 4 aliphatic carbocycles. The van der Waals surface area contributed by atoms with Gasteiger partial charge in [-0.3, -0.25) is 14.6 Å². The van der Waals surface area contributed by atoms with E-state index in [0.29, 0.717) is 44.2 Å². The van der Waals surface area contributed by atoms with Gasteiger partial charge in [-0.2, -0.15) is 0 Å². The van der Waals surface area contributed by atoms with Crippen molar-refractivity contribution in [2.45, 2.75) is 130 Å². The fraction of sp³-hybridized carbons (Fsp3) is 0.622. The number of rotatable bonds is 11. The van der Waals surface area contributed by atoms with Crippen LogP contribution in [-0.2, 0) is 17.8 Å². The summed E-state index contributed by atoms with van der Waals surface area (Å²) in [4.78, 5) is 28.7. The molecule has 11 unspecified atom stereocenters. The predicted molar refractivity (Wildman–Crippen MR) is 208 cm³/mol. The molecular weight excluding hydrogens is 665 g/mol. The number of Topliss-reactive ketones (excluding diaryl/α,β-unsaturated/α-hetero) is 1. The number of nitrogens with one attached hydrogen (secondary N) is 1. The molecule has 286 valence electrons. The number of carboxylic acids is 1. The van der Waals surface area contributed by atoms with E-state index in [2.05, 4.69) is 55.3 Å². The summed E-state index contributed by atoms with van der Waals surface area (Å²) >= 11 is 0. The summed E-state index contributed by atoms with van der Waals surface area (Å²) in [6, 6.07) is 16.4. The zero-order chi connectivity index (χ0) is 37.9. The molecule has 0 radical (unpaired) electrons. The fourth-order valence-corrected chi connectivity index (χ4v) is 12.4. The van der Waals surface area contributed by atoms with Crippen LogP contribution in [0.1, 0.15) is 119 Å². The number of nitrogens with zero attached hydrogens (tertiary/aromatic N) is 1. The number of aliphatic hydroxyl groups is 3. The van der Waals surface area contributed by atoms with E-state index in [0.717, 1.165) is 60.0 Å². The molecule has 4 fully saturated rings. The lowest BCUT2D eigenvalue weighted by Gasteiger charge is -2.64. The van der Waals surface area contributed by atoms with Gasteiger partial charge in [0.25, 0.3) is 0 Å². The Morgan fingerprint density at radius 2 is 1.75 bits per heavy atom. The molecule has 8 nitrogen and oxygen atoms in total. The first-order valence-electron chi connectivity index (χ1n) is 20.2. The van der Waals surface area contributed by atoms with E-state index >= 15 is 0 Å². The second-order valence-electron chi connectivity index (χ2n) is 18.1. The number of fused-ring (bicyclic) bond motifs is 6. The highest BCUT2D eigenvalue weighted by Gasteiger charge is 2.66. The number of pyridine rings is 1. The third-order valence-electron chi connectivity index (χ3n) is 15.3. The number of aliphatic carboxylic acids is 1. The molecule has 0 amide bonds. The van der Waals surface area contributed by atoms with Gasteiger partial charge < -0.3 is 25.7 Å². The maximum atomic E-state index is 12.7. The molecule has 8 heteroatoms. The van der Waals surface area contributed by atoms with Crippen molar-refractivity contribution in [3.63, 3.8) is 0 Å². The number of aromatic nitrogens is 1. The normalized spacial score (nSPS) is 35.6. The molecule has 0 aliphatic heterocycles. The Balaban J connectivity index is 1.01. The van der Waals surface area contributed by atoms with Crippen LogP contribution in [-0.4, -0.2) is 55.0 Å². The van der Waals surface area contributed by atoms with E-state index in [1.54, 1.807) is 6.92 Å². The van der Waals surface area contributed by atoms with Crippen LogP contribution in [0.4, 0.5) is 5.69 Å². The van der Waals surface area contributed by atoms with Gasteiger partial charge in [-0.25, -0.2) is 0 Å². The van der Waals surface area contributed by atoms with Gasteiger partial charge in [0.2, 0.25) is 0 Å². The first-order valence-corrected chi connectivity index (χ1v) is 20.2. The summed E-state index contributed by atoms with van der Waals surface area (Å²) in [5.74, 6) is 0.425. The molecule has 3 aromatic rings. The zero-order valence-electron chi connectivity index (χ0n) is 32.3. The lowest BCUT2D eigenvalue weighted by Crippen LogP contribution is -2.63. The summed E-state index contributed by atoms with van der Waals surface area (Å²) in [5, 5.41) is 49.7. The van der Waals surface area contributed by atoms with Crippen LogP contribution in [0.5, 0.6) is 0 Å². The quantitative estimate of drug-likeness (QED) is 0.125. The van der Waals surface area contributed by atoms with E-state index in [1.165, 1.54) is 5.56 Å². The summed E-state index contributed by atoms with van der Waals surface area (Å²) in [7, 11) is 0. The van der Waals surface area contributed by atoms with Crippen LogP contribution < -0.4 is 5.32 Å². The van der Waals surface area contributed by atoms with Crippen LogP contribution >= 0.6 is 0 Å². The summed E-state index contributed by atoms with van der Waals surface area (Å²) in [5.41, 5.74) is 4.11. The standard InChI is InChI=1S/C45H60N2O6/c1-26(13-16-39(51)52)33-14-15-34-41-35(23-38(50)44(33,34)5)43(4)19-20-45(53,24-31(43)22-37(41)49)18-17-29-9-8-10-30(21-29)25-46-42-32-11-6-7-12-36(32)47-27(2)40(42)28(3)48/h6-12,21,26,31,33-35,37-38,41,49-50,53H,13-20,22-25H2,1-5H3,(H,46,47)(H,51,52). The molecule has 5 N–H and O–H groups in total. The van der Waals surface area contributed by atoms with Crippen LogP contribution in [0.15, 0.2) is 48.5 Å². The Morgan fingerprint density at radius 3 is 2.51 bits per heavy atom. The Labute approximate surface area is 314 Å². The molecule has 53 heavy (non-hydrogen) atoms. The second-order valence-corrected chi connectivity index (χ2v) is 18.1. The maximum Gasteiger partial charge on any atom is 0.303 e. The number of aryl methyl sites for hydroxylation is 2. The van der Waals surface area contributed by atoms with Crippen molar-refractivity contribution < 1.29 is 30.0 Å². The molecule has 1 aromatic heterocycles. The van der Waals surface area contributed by atoms with Gasteiger partial charge in [0.15, 0.2) is 5.78 Å². The number of anilines is 1. The van der Waals surface area contributed by atoms with E-state index in [4.69, 9.17) is 0 Å². The monoisotopic (exact) mass is 724 g/mol. The van der Waals surface area contributed by atoms with Gasteiger partial charge in [0, 0.05) is 18.4 Å². The Kier molecular flexibility index (Phi) is 10.3. The Hall–Kier alpha value is -3.33. The van der Waals surface area contributed by atoms with Crippen LogP contribution in [0.3, 0.4) is 0 Å². The molecule has 0 saturated heterocycles. The summed E-state index contributed by atoms with van der Waals surface area (Å²) in [6.45, 7) is 10.8. The van der Waals surface area contributed by atoms with Crippen LogP contribution in [0.25, 0.3) is 10.9 Å². The highest BCUT2D eigenvalue weighted by Crippen LogP contribution is 2.69. The lowest BCUT2D eigenvalue weighted by molar-refractivity contribution is -0.216. The van der Waals surface area contributed by atoms with Gasteiger partial charge in [-0.05, 0) is 142 Å². The highest BCUT2D eigenvalue weighted by molar-refractivity contribution is 6.08. The summed E-state index contributed by atoms with van der Waals surface area (Å²) < 4.78 is 0. The smallest absolute Gasteiger partial charge is 0.303 e. The van der Waals surface area contributed by atoms with Crippen LogP contribution in [0.2, 0.25) is 0 Å². The number of benzene rings is 2. The molecule has 1 heterocycles. The number of carboxylic acid groups (broad SMARTS) is 1. The number of ketones is 1. The Bertz CT molecular complexity index is 1860. The Morgan fingerprint density at radius 1 is 1.00 bits per heavy atom. The average molecular weight is 725 g/mol. The first kappa shape index (κ1) is 38.0. The van der Waals surface area contributed by atoms with Crippen molar-refractivity contribution in [2.75, 3.05) is 5.32 Å². The van der Waals surface area contributed by atoms with Crippen molar-refractivity contribution in [1.29, 1.82) is 0 Å². The largest absolute Gasteiger partial charge is 0.481 e. The van der Waals surface area contributed by atoms with Gasteiger partial charge in [0.05, 0.1) is 40.3 Å². The average Bonchev–Trinajstić information content (AvgIpc) is 3.48. The lowest BCUT2D eigenvalue weighted by atomic mass is 9.42. The molecular formula is C45H60N2O6. The van der Waals surface area contributed by atoms with E-state index in [1.807, 2.05) is 31.2 Å².